The highest BCUT2D eigenvalue weighted by Crippen LogP contribution is 2.27. The number of rotatable bonds is 4. The molecule has 0 heterocycles. The summed E-state index contributed by atoms with van der Waals surface area (Å²) in [5, 5.41) is 2.51. The van der Waals surface area contributed by atoms with Gasteiger partial charge in [0.15, 0.2) is 11.6 Å². The molecule has 5 nitrogen and oxygen atoms in total. The van der Waals surface area contributed by atoms with Crippen LogP contribution in [0.25, 0.3) is 0 Å². The molecule has 0 radical (unpaired) electrons. The van der Waals surface area contributed by atoms with Crippen molar-refractivity contribution in [2.75, 3.05) is 13.7 Å². The summed E-state index contributed by atoms with van der Waals surface area (Å²) in [6.45, 7) is 5.10. The van der Waals surface area contributed by atoms with E-state index in [9.17, 15) is 13.6 Å². The van der Waals surface area contributed by atoms with Gasteiger partial charge in [-0.15, -0.1) is 0 Å². The van der Waals surface area contributed by atoms with Gasteiger partial charge in [0.1, 0.15) is 11.4 Å². The first kappa shape index (κ1) is 17.2. The van der Waals surface area contributed by atoms with Crippen molar-refractivity contribution in [3.05, 3.63) is 29.3 Å². The minimum atomic E-state index is -1.05. The third kappa shape index (κ3) is 4.86. The lowest BCUT2D eigenvalue weighted by molar-refractivity contribution is 0.0504. The van der Waals surface area contributed by atoms with Crippen LogP contribution in [-0.4, -0.2) is 25.3 Å². The lowest BCUT2D eigenvalue weighted by Crippen LogP contribution is -2.38. The number of ether oxygens (including phenoxy) is 2. The Kier molecular flexibility index (Phi) is 5.48. The van der Waals surface area contributed by atoms with Gasteiger partial charge >= 0.3 is 6.09 Å². The van der Waals surface area contributed by atoms with Gasteiger partial charge in [0.25, 0.3) is 0 Å². The van der Waals surface area contributed by atoms with Crippen LogP contribution in [0.5, 0.6) is 5.75 Å². The number of carbonyl (C=O) groups excluding carboxylic acids is 1. The van der Waals surface area contributed by atoms with Gasteiger partial charge in [0.05, 0.1) is 13.2 Å². The van der Waals surface area contributed by atoms with Crippen molar-refractivity contribution in [2.24, 2.45) is 5.73 Å². The first-order valence-electron chi connectivity index (χ1n) is 6.40. The maximum absolute atomic E-state index is 13.4. The van der Waals surface area contributed by atoms with Crippen LogP contribution in [0.3, 0.4) is 0 Å². The van der Waals surface area contributed by atoms with Crippen LogP contribution in [0.1, 0.15) is 32.4 Å². The average molecular weight is 302 g/mol. The maximum Gasteiger partial charge on any atom is 0.408 e. The highest BCUT2D eigenvalue weighted by Gasteiger charge is 2.23. The summed E-state index contributed by atoms with van der Waals surface area (Å²) in [4.78, 5) is 11.8. The molecule has 0 saturated carbocycles. The Bertz CT molecular complexity index is 516. The molecule has 0 aliphatic carbocycles. The van der Waals surface area contributed by atoms with E-state index in [1.165, 1.54) is 7.11 Å². The van der Waals surface area contributed by atoms with Gasteiger partial charge in [0, 0.05) is 18.2 Å². The van der Waals surface area contributed by atoms with Crippen molar-refractivity contribution >= 4 is 6.09 Å². The van der Waals surface area contributed by atoms with Gasteiger partial charge in [-0.3, -0.25) is 0 Å². The van der Waals surface area contributed by atoms with Crippen LogP contribution in [0.4, 0.5) is 13.6 Å². The number of hydrogen-bond acceptors (Lipinski definition) is 4. The number of halogens is 2. The van der Waals surface area contributed by atoms with Crippen molar-refractivity contribution in [3.63, 3.8) is 0 Å². The highest BCUT2D eigenvalue weighted by atomic mass is 19.2. The summed E-state index contributed by atoms with van der Waals surface area (Å²) in [6, 6.07) is 1.09. The number of hydrogen-bond donors (Lipinski definition) is 2. The fourth-order valence-electron chi connectivity index (χ4n) is 1.71. The van der Waals surface area contributed by atoms with E-state index in [1.54, 1.807) is 20.8 Å². The van der Waals surface area contributed by atoms with E-state index >= 15 is 0 Å². The van der Waals surface area contributed by atoms with Crippen molar-refractivity contribution in [1.82, 2.24) is 5.32 Å². The Balaban J connectivity index is 3.00. The molecule has 0 saturated heterocycles. The molecular formula is C14H20F2N2O3. The zero-order chi connectivity index (χ0) is 16.2. The maximum atomic E-state index is 13.4. The van der Waals surface area contributed by atoms with Crippen LogP contribution in [-0.2, 0) is 4.74 Å². The summed E-state index contributed by atoms with van der Waals surface area (Å²) in [6.07, 6.45) is -0.704. The summed E-state index contributed by atoms with van der Waals surface area (Å²) in [5.41, 5.74) is 5.15. The van der Waals surface area contributed by atoms with E-state index < -0.39 is 29.4 Å². The Morgan fingerprint density at radius 2 is 1.90 bits per heavy atom. The van der Waals surface area contributed by atoms with Gasteiger partial charge in [-0.05, 0) is 26.8 Å². The quantitative estimate of drug-likeness (QED) is 0.896. The second-order valence-corrected chi connectivity index (χ2v) is 5.44. The molecule has 3 N–H and O–H groups in total. The zero-order valence-electron chi connectivity index (χ0n) is 12.5. The number of carbonyl (C=O) groups is 1. The predicted octanol–water partition coefficient (Wildman–Crippen LogP) is 2.50. The van der Waals surface area contributed by atoms with E-state index in [2.05, 4.69) is 5.32 Å². The first-order chi connectivity index (χ1) is 9.67. The van der Waals surface area contributed by atoms with Gasteiger partial charge in [-0.25, -0.2) is 13.6 Å². The molecule has 0 aromatic heterocycles. The second kappa shape index (κ2) is 6.71. The third-order valence-electron chi connectivity index (χ3n) is 2.57. The standard InChI is InChI=1S/C14H20F2N2O3/c1-14(2,3)21-13(19)18-11(7-17)8-5-9(15)10(16)6-12(8)20-4/h5-6,11H,7,17H2,1-4H3,(H,18,19). The van der Waals surface area contributed by atoms with Crippen LogP contribution in [0.2, 0.25) is 0 Å². The molecular weight excluding hydrogens is 282 g/mol. The molecule has 1 unspecified atom stereocenters. The van der Waals surface area contributed by atoms with Crippen LogP contribution < -0.4 is 15.8 Å². The molecule has 7 heteroatoms. The van der Waals surface area contributed by atoms with Crippen molar-refractivity contribution in [2.45, 2.75) is 32.4 Å². The molecule has 118 valence electrons. The Morgan fingerprint density at radius 1 is 1.33 bits per heavy atom. The molecule has 0 aliphatic heterocycles. The lowest BCUT2D eigenvalue weighted by atomic mass is 10.1. The Hall–Kier alpha value is -1.89. The van der Waals surface area contributed by atoms with Gasteiger partial charge in [-0.2, -0.15) is 0 Å². The molecule has 1 atom stereocenters. The fraction of sp³-hybridized carbons (Fsp3) is 0.500. The second-order valence-electron chi connectivity index (χ2n) is 5.44. The number of methoxy groups -OCH3 is 1. The number of alkyl carbamates (subject to hydrolysis) is 1. The van der Waals surface area contributed by atoms with E-state index in [0.717, 1.165) is 12.1 Å². The fourth-order valence-corrected chi connectivity index (χ4v) is 1.71. The molecule has 1 aromatic carbocycles. The summed E-state index contributed by atoms with van der Waals surface area (Å²) >= 11 is 0. The van der Waals surface area contributed by atoms with Crippen LogP contribution in [0.15, 0.2) is 12.1 Å². The molecule has 21 heavy (non-hydrogen) atoms. The minimum Gasteiger partial charge on any atom is -0.496 e. The minimum absolute atomic E-state index is 0.0271. The van der Waals surface area contributed by atoms with E-state index in [-0.39, 0.29) is 17.9 Å². The average Bonchev–Trinajstić information content (AvgIpc) is 2.36. The lowest BCUT2D eigenvalue weighted by Gasteiger charge is -2.24. The SMILES string of the molecule is COc1cc(F)c(F)cc1C(CN)NC(=O)OC(C)(C)C. The topological polar surface area (TPSA) is 73.6 Å². The Labute approximate surface area is 122 Å². The highest BCUT2D eigenvalue weighted by molar-refractivity contribution is 5.68. The zero-order valence-corrected chi connectivity index (χ0v) is 12.5. The molecule has 0 aliphatic rings. The monoisotopic (exact) mass is 302 g/mol. The van der Waals surface area contributed by atoms with Crippen LogP contribution >= 0.6 is 0 Å². The molecule has 1 aromatic rings. The smallest absolute Gasteiger partial charge is 0.408 e. The normalized spacial score (nSPS) is 12.7. The van der Waals surface area contributed by atoms with E-state index in [4.69, 9.17) is 15.2 Å². The Morgan fingerprint density at radius 3 is 2.38 bits per heavy atom. The number of amides is 1. The van der Waals surface area contributed by atoms with Crippen molar-refractivity contribution in [1.29, 1.82) is 0 Å². The predicted molar refractivity (Wildman–Crippen MR) is 74.1 cm³/mol. The van der Waals surface area contributed by atoms with Gasteiger partial charge < -0.3 is 20.5 Å². The number of nitrogens with one attached hydrogen (secondary N) is 1. The molecule has 0 spiro atoms. The largest absolute Gasteiger partial charge is 0.496 e. The van der Waals surface area contributed by atoms with Crippen molar-refractivity contribution < 1.29 is 23.0 Å². The summed E-state index contributed by atoms with van der Waals surface area (Å²) in [5.74, 6) is -1.99. The molecule has 0 fully saturated rings. The molecule has 1 amide bonds. The van der Waals surface area contributed by atoms with Crippen LogP contribution in [0, 0.1) is 11.6 Å². The number of nitrogens with two attached hydrogens (primary N) is 1. The first-order valence-corrected chi connectivity index (χ1v) is 6.40. The summed E-state index contributed by atoms with van der Waals surface area (Å²) < 4.78 is 36.7. The van der Waals surface area contributed by atoms with Crippen molar-refractivity contribution in [3.8, 4) is 5.75 Å². The van der Waals surface area contributed by atoms with Gasteiger partial charge in [0.2, 0.25) is 0 Å². The molecule has 1 rings (SSSR count). The third-order valence-corrected chi connectivity index (χ3v) is 2.57. The van der Waals surface area contributed by atoms with Gasteiger partial charge in [-0.1, -0.05) is 0 Å². The summed E-state index contributed by atoms with van der Waals surface area (Å²) in [7, 11) is 1.32. The van der Waals surface area contributed by atoms with E-state index in [0.29, 0.717) is 0 Å². The molecule has 0 bridgehead atoms. The van der Waals surface area contributed by atoms with E-state index in [1.807, 2.05) is 0 Å². The number of benzene rings is 1.